The van der Waals surface area contributed by atoms with E-state index in [4.69, 9.17) is 9.47 Å². The second-order valence-electron chi connectivity index (χ2n) is 6.93. The third-order valence-corrected chi connectivity index (χ3v) is 5.34. The molecule has 0 fully saturated rings. The van der Waals surface area contributed by atoms with Gasteiger partial charge in [0.25, 0.3) is 0 Å². The molecular weight excluding hydrogens is 354 g/mol. The number of phenolic OH excluding ortho intramolecular Hbond substituents is 1. The summed E-state index contributed by atoms with van der Waals surface area (Å²) in [6.45, 7) is 2.56. The van der Waals surface area contributed by atoms with E-state index in [0.29, 0.717) is 17.9 Å². The Labute approximate surface area is 162 Å². The van der Waals surface area contributed by atoms with Crippen molar-refractivity contribution in [2.24, 2.45) is 0 Å². The minimum atomic E-state index is -0.308. The summed E-state index contributed by atoms with van der Waals surface area (Å²) in [6.07, 6.45) is 0. The van der Waals surface area contributed by atoms with Crippen LogP contribution < -0.4 is 10.1 Å². The number of nitrogens with one attached hydrogen (secondary N) is 1. The Bertz CT molecular complexity index is 1150. The van der Waals surface area contributed by atoms with Gasteiger partial charge in [-0.05, 0) is 47.0 Å². The number of anilines is 1. The van der Waals surface area contributed by atoms with Gasteiger partial charge in [-0.2, -0.15) is 0 Å². The highest BCUT2D eigenvalue weighted by Crippen LogP contribution is 2.48. The first-order valence-electron chi connectivity index (χ1n) is 9.32. The number of ether oxygens (including phenoxy) is 2. The Morgan fingerprint density at radius 1 is 1.18 bits per heavy atom. The van der Waals surface area contributed by atoms with Gasteiger partial charge in [0.1, 0.15) is 6.61 Å². The molecule has 3 aromatic carbocycles. The van der Waals surface area contributed by atoms with Gasteiger partial charge in [-0.3, -0.25) is 0 Å². The first kappa shape index (κ1) is 16.7. The highest BCUT2D eigenvalue weighted by atomic mass is 16.5. The number of hydrogen-bond donors (Lipinski definition) is 2. The number of aromatic hydroxyl groups is 1. The van der Waals surface area contributed by atoms with E-state index < -0.39 is 0 Å². The molecule has 0 aliphatic carbocycles. The number of rotatable bonds is 3. The fraction of sp³-hybridized carbons (Fsp3) is 0.174. The molecule has 2 heterocycles. The van der Waals surface area contributed by atoms with Crippen LogP contribution in [0.25, 0.3) is 10.8 Å². The van der Waals surface area contributed by atoms with Gasteiger partial charge in [-0.25, -0.2) is 4.79 Å². The number of fused-ring (bicyclic) bond motifs is 3. The monoisotopic (exact) mass is 373 g/mol. The third-order valence-electron chi connectivity index (χ3n) is 5.34. The SMILES string of the molecule is CCOc1cc([C@H]2C3=C(COC3=O)Nc3ccc4ccccc4c32)ccc1O. The Balaban J connectivity index is 1.79. The van der Waals surface area contributed by atoms with Gasteiger partial charge in [0.15, 0.2) is 11.5 Å². The summed E-state index contributed by atoms with van der Waals surface area (Å²) in [7, 11) is 0. The molecular formula is C23H19NO4. The smallest absolute Gasteiger partial charge is 0.337 e. The lowest BCUT2D eigenvalue weighted by atomic mass is 9.79. The Morgan fingerprint density at radius 2 is 2.04 bits per heavy atom. The molecule has 140 valence electrons. The van der Waals surface area contributed by atoms with Crippen molar-refractivity contribution < 1.29 is 19.4 Å². The molecule has 0 bridgehead atoms. The Hall–Kier alpha value is -3.47. The lowest BCUT2D eigenvalue weighted by Gasteiger charge is -2.29. The molecule has 0 amide bonds. The normalized spacial score (nSPS) is 17.8. The lowest BCUT2D eigenvalue weighted by Crippen LogP contribution is -2.20. The second kappa shape index (κ2) is 6.30. The van der Waals surface area contributed by atoms with Gasteiger partial charge in [0, 0.05) is 11.6 Å². The molecule has 0 saturated heterocycles. The largest absolute Gasteiger partial charge is 0.504 e. The molecule has 0 unspecified atom stereocenters. The van der Waals surface area contributed by atoms with Gasteiger partial charge in [0.2, 0.25) is 0 Å². The van der Waals surface area contributed by atoms with Crippen molar-refractivity contribution in [1.29, 1.82) is 0 Å². The predicted molar refractivity (Wildman–Crippen MR) is 107 cm³/mol. The molecule has 2 aliphatic rings. The highest BCUT2D eigenvalue weighted by Gasteiger charge is 2.39. The van der Waals surface area contributed by atoms with E-state index in [2.05, 4.69) is 23.5 Å². The number of phenols is 1. The quantitative estimate of drug-likeness (QED) is 0.670. The average Bonchev–Trinajstić information content (AvgIpc) is 3.08. The van der Waals surface area contributed by atoms with Crippen molar-refractivity contribution in [1.82, 2.24) is 0 Å². The zero-order valence-corrected chi connectivity index (χ0v) is 15.4. The molecule has 5 nitrogen and oxygen atoms in total. The van der Waals surface area contributed by atoms with Crippen LogP contribution in [0.15, 0.2) is 65.9 Å². The molecule has 0 saturated carbocycles. The highest BCUT2D eigenvalue weighted by molar-refractivity contribution is 6.01. The maximum Gasteiger partial charge on any atom is 0.337 e. The fourth-order valence-electron chi connectivity index (χ4n) is 4.15. The van der Waals surface area contributed by atoms with Crippen molar-refractivity contribution >= 4 is 22.4 Å². The summed E-state index contributed by atoms with van der Waals surface area (Å²) in [6, 6.07) is 17.5. The molecule has 1 atom stereocenters. The summed E-state index contributed by atoms with van der Waals surface area (Å²) in [5.41, 5.74) is 4.29. The second-order valence-corrected chi connectivity index (χ2v) is 6.93. The minimum Gasteiger partial charge on any atom is -0.504 e. The van der Waals surface area contributed by atoms with E-state index in [1.54, 1.807) is 6.07 Å². The standard InChI is InChI=1S/C23H19NO4/c1-2-27-19-11-14(8-10-18(19)25)20-21-15-6-4-3-5-13(15)7-9-16(21)24-17-12-28-23(26)22(17)20/h3-11,20,24-25H,2,12H2,1H3/t20-/m1/s1. The number of carbonyl (C=O) groups is 1. The van der Waals surface area contributed by atoms with Crippen LogP contribution in [-0.4, -0.2) is 24.3 Å². The topological polar surface area (TPSA) is 67.8 Å². The molecule has 2 N–H and O–H groups in total. The van der Waals surface area contributed by atoms with Crippen LogP contribution in [0, 0.1) is 0 Å². The molecule has 0 spiro atoms. The summed E-state index contributed by atoms with van der Waals surface area (Å²) >= 11 is 0. The zero-order valence-electron chi connectivity index (χ0n) is 15.4. The van der Waals surface area contributed by atoms with E-state index in [1.165, 1.54) is 0 Å². The van der Waals surface area contributed by atoms with Gasteiger partial charge in [-0.1, -0.05) is 36.4 Å². The van der Waals surface area contributed by atoms with E-state index in [0.717, 1.165) is 33.3 Å². The molecule has 5 rings (SSSR count). The first-order chi connectivity index (χ1) is 13.7. The molecule has 3 aromatic rings. The van der Waals surface area contributed by atoms with Gasteiger partial charge in [-0.15, -0.1) is 0 Å². The van der Waals surface area contributed by atoms with Gasteiger partial charge < -0.3 is 19.9 Å². The van der Waals surface area contributed by atoms with Gasteiger partial charge >= 0.3 is 5.97 Å². The van der Waals surface area contributed by atoms with Crippen LogP contribution in [-0.2, 0) is 9.53 Å². The van der Waals surface area contributed by atoms with Crippen LogP contribution in [0.4, 0.5) is 5.69 Å². The number of benzene rings is 3. The summed E-state index contributed by atoms with van der Waals surface area (Å²) in [4.78, 5) is 12.6. The van der Waals surface area contributed by atoms with E-state index in [9.17, 15) is 9.90 Å². The number of carbonyl (C=O) groups excluding carboxylic acids is 1. The van der Waals surface area contributed by atoms with Crippen molar-refractivity contribution in [2.45, 2.75) is 12.8 Å². The molecule has 0 aromatic heterocycles. The van der Waals surface area contributed by atoms with Gasteiger partial charge in [0.05, 0.1) is 17.9 Å². The summed E-state index contributed by atoms with van der Waals surface area (Å²) in [5, 5.41) is 15.7. The number of esters is 1. The third kappa shape index (κ3) is 2.43. The molecule has 0 radical (unpaired) electrons. The summed E-state index contributed by atoms with van der Waals surface area (Å²) < 4.78 is 10.9. The van der Waals surface area contributed by atoms with Crippen molar-refractivity contribution in [2.75, 3.05) is 18.5 Å². The number of hydrogen-bond acceptors (Lipinski definition) is 5. The maximum atomic E-state index is 12.6. The van der Waals surface area contributed by atoms with E-state index >= 15 is 0 Å². The average molecular weight is 373 g/mol. The van der Waals surface area contributed by atoms with Crippen LogP contribution in [0.3, 0.4) is 0 Å². The van der Waals surface area contributed by atoms with Crippen LogP contribution >= 0.6 is 0 Å². The zero-order chi connectivity index (χ0) is 19.3. The Kier molecular flexibility index (Phi) is 3.76. The molecule has 28 heavy (non-hydrogen) atoms. The van der Waals surface area contributed by atoms with Crippen LogP contribution in [0.2, 0.25) is 0 Å². The fourth-order valence-corrected chi connectivity index (χ4v) is 4.15. The predicted octanol–water partition coefficient (Wildman–Crippen LogP) is 4.31. The lowest BCUT2D eigenvalue weighted by molar-refractivity contribution is -0.136. The van der Waals surface area contributed by atoms with Crippen molar-refractivity contribution in [3.8, 4) is 11.5 Å². The van der Waals surface area contributed by atoms with E-state index in [1.807, 2.05) is 37.3 Å². The molecule has 5 heteroatoms. The Morgan fingerprint density at radius 3 is 2.89 bits per heavy atom. The minimum absolute atomic E-state index is 0.0841. The summed E-state index contributed by atoms with van der Waals surface area (Å²) in [5.74, 6) is -0.112. The molecule has 2 aliphatic heterocycles. The number of cyclic esters (lactones) is 1. The maximum absolute atomic E-state index is 12.6. The van der Waals surface area contributed by atoms with Crippen LogP contribution in [0.5, 0.6) is 11.5 Å². The van der Waals surface area contributed by atoms with Crippen molar-refractivity contribution in [3.63, 3.8) is 0 Å². The van der Waals surface area contributed by atoms with Crippen LogP contribution in [0.1, 0.15) is 24.0 Å². The van der Waals surface area contributed by atoms with E-state index in [-0.39, 0.29) is 24.2 Å². The first-order valence-corrected chi connectivity index (χ1v) is 9.32. The van der Waals surface area contributed by atoms with Crippen molar-refractivity contribution in [3.05, 3.63) is 77.0 Å².